The molecule has 0 saturated carbocycles. The van der Waals surface area contributed by atoms with Gasteiger partial charge in [0.25, 0.3) is 11.8 Å². The predicted molar refractivity (Wildman–Crippen MR) is 119 cm³/mol. The van der Waals surface area contributed by atoms with Crippen LogP contribution in [0.5, 0.6) is 0 Å². The number of ether oxygens (including phenoxy) is 1. The van der Waals surface area contributed by atoms with E-state index in [1.165, 1.54) is 12.1 Å². The summed E-state index contributed by atoms with van der Waals surface area (Å²) in [5.74, 6) is -4.91. The van der Waals surface area contributed by atoms with E-state index in [4.69, 9.17) is 10.5 Å². The number of aromatic nitrogens is 1. The molecular weight excluding hydrogens is 442 g/mol. The van der Waals surface area contributed by atoms with Crippen LogP contribution >= 0.6 is 0 Å². The second-order valence-corrected chi connectivity index (χ2v) is 7.88. The molecule has 2 heterocycles. The quantitative estimate of drug-likeness (QED) is 0.258. The third kappa shape index (κ3) is 4.30. The van der Waals surface area contributed by atoms with Crippen molar-refractivity contribution in [2.24, 2.45) is 5.73 Å². The zero-order valence-electron chi connectivity index (χ0n) is 17.9. The molecule has 1 aliphatic heterocycles. The summed E-state index contributed by atoms with van der Waals surface area (Å²) < 4.78 is 4.79. The van der Waals surface area contributed by atoms with Crippen molar-refractivity contribution in [1.29, 1.82) is 0 Å². The van der Waals surface area contributed by atoms with Crippen molar-refractivity contribution < 1.29 is 33.8 Å². The van der Waals surface area contributed by atoms with Crippen LogP contribution in [0.3, 0.4) is 0 Å². The first-order valence-corrected chi connectivity index (χ1v) is 10.5. The van der Waals surface area contributed by atoms with Gasteiger partial charge < -0.3 is 20.6 Å². The van der Waals surface area contributed by atoms with Crippen LogP contribution < -0.4 is 5.73 Å². The molecule has 2 amide bonds. The van der Waals surface area contributed by atoms with Crippen LogP contribution in [0.2, 0.25) is 0 Å². The van der Waals surface area contributed by atoms with Crippen LogP contribution in [0, 0.1) is 0 Å². The van der Waals surface area contributed by atoms with Crippen LogP contribution in [0.1, 0.15) is 39.1 Å². The normalized spacial score (nSPS) is 14.7. The molecule has 4 N–H and O–H groups in total. The van der Waals surface area contributed by atoms with E-state index in [0.29, 0.717) is 4.90 Å². The Balaban J connectivity index is 1.35. The van der Waals surface area contributed by atoms with Gasteiger partial charge in [-0.1, -0.05) is 30.3 Å². The highest BCUT2D eigenvalue weighted by atomic mass is 16.6. The number of para-hydroxylation sites is 1. The number of nitrogens with one attached hydrogen (secondary N) is 1. The number of nitrogens with two attached hydrogens (primary N) is 1. The Kier molecular flexibility index (Phi) is 6.24. The van der Waals surface area contributed by atoms with E-state index in [1.54, 1.807) is 18.3 Å². The van der Waals surface area contributed by atoms with E-state index >= 15 is 0 Å². The summed E-state index contributed by atoms with van der Waals surface area (Å²) in [6, 6.07) is 10.7. The number of hydrogen-bond donors (Lipinski definition) is 3. The SMILES string of the molecule is N[C@@H](Cc1c[nH]c2ccccc12)C(=O)OC(=O)CCC(C(=O)O)N1C(=O)c2ccccc2C1=O. The number of hydrogen-bond acceptors (Lipinski definition) is 7. The van der Waals surface area contributed by atoms with Gasteiger partial charge in [0, 0.05) is 29.9 Å². The Bertz CT molecular complexity index is 1280. The summed E-state index contributed by atoms with van der Waals surface area (Å²) in [7, 11) is 0. The molecule has 0 radical (unpaired) electrons. The third-order valence-corrected chi connectivity index (χ3v) is 5.68. The van der Waals surface area contributed by atoms with Crippen molar-refractivity contribution in [2.75, 3.05) is 0 Å². The maximum atomic E-state index is 12.6. The lowest BCUT2D eigenvalue weighted by Gasteiger charge is -2.22. The monoisotopic (exact) mass is 463 g/mol. The first-order chi connectivity index (χ1) is 16.3. The van der Waals surface area contributed by atoms with Gasteiger partial charge in [-0.25, -0.2) is 9.59 Å². The molecule has 2 aromatic carbocycles. The number of fused-ring (bicyclic) bond motifs is 2. The Labute approximate surface area is 193 Å². The highest BCUT2D eigenvalue weighted by molar-refractivity contribution is 6.22. The Hall–Kier alpha value is -4.31. The molecule has 0 saturated heterocycles. The molecule has 1 unspecified atom stereocenters. The largest absolute Gasteiger partial charge is 0.480 e. The number of aliphatic carboxylic acids is 1. The number of nitrogens with zero attached hydrogens (tertiary/aromatic N) is 1. The van der Waals surface area contributed by atoms with E-state index < -0.39 is 54.6 Å². The Morgan fingerprint density at radius 3 is 2.26 bits per heavy atom. The maximum absolute atomic E-state index is 12.6. The molecule has 1 aromatic heterocycles. The number of H-pyrrole nitrogens is 1. The summed E-state index contributed by atoms with van der Waals surface area (Å²) in [4.78, 5) is 65.1. The number of carbonyl (C=O) groups excluding carboxylic acids is 4. The average Bonchev–Trinajstić information content (AvgIpc) is 3.33. The number of aromatic amines is 1. The van der Waals surface area contributed by atoms with Crippen LogP contribution in [-0.4, -0.2) is 56.8 Å². The van der Waals surface area contributed by atoms with Crippen molar-refractivity contribution in [3.63, 3.8) is 0 Å². The fourth-order valence-corrected chi connectivity index (χ4v) is 3.97. The number of amides is 2. The fourth-order valence-electron chi connectivity index (χ4n) is 3.97. The zero-order valence-corrected chi connectivity index (χ0v) is 17.9. The maximum Gasteiger partial charge on any atom is 0.330 e. The van der Waals surface area contributed by atoms with E-state index in [1.807, 2.05) is 24.3 Å². The number of benzene rings is 2. The molecule has 1 aliphatic rings. The summed E-state index contributed by atoms with van der Waals surface area (Å²) in [5.41, 5.74) is 7.76. The van der Waals surface area contributed by atoms with Gasteiger partial charge in [-0.2, -0.15) is 0 Å². The van der Waals surface area contributed by atoms with Gasteiger partial charge in [-0.05, 0) is 30.2 Å². The number of carboxylic acid groups (broad SMARTS) is 1. The summed E-state index contributed by atoms with van der Waals surface area (Å²) in [6.07, 6.45) is 0.933. The summed E-state index contributed by atoms with van der Waals surface area (Å²) in [6.45, 7) is 0. The van der Waals surface area contributed by atoms with Gasteiger partial charge in [-0.15, -0.1) is 0 Å². The molecule has 34 heavy (non-hydrogen) atoms. The Morgan fingerprint density at radius 1 is 1.00 bits per heavy atom. The molecule has 0 aliphatic carbocycles. The second-order valence-electron chi connectivity index (χ2n) is 7.88. The van der Waals surface area contributed by atoms with Gasteiger partial charge in [0.2, 0.25) is 0 Å². The minimum atomic E-state index is -1.59. The van der Waals surface area contributed by atoms with Gasteiger partial charge >= 0.3 is 17.9 Å². The van der Waals surface area contributed by atoms with Gasteiger partial charge in [0.05, 0.1) is 11.1 Å². The van der Waals surface area contributed by atoms with E-state index in [0.717, 1.165) is 16.5 Å². The lowest BCUT2D eigenvalue weighted by Crippen LogP contribution is -2.45. The number of imide groups is 1. The minimum absolute atomic E-state index is 0.0970. The van der Waals surface area contributed by atoms with Crippen LogP contribution in [0.25, 0.3) is 10.9 Å². The van der Waals surface area contributed by atoms with E-state index in [9.17, 15) is 29.1 Å². The number of carbonyl (C=O) groups is 5. The highest BCUT2D eigenvalue weighted by Crippen LogP contribution is 2.26. The van der Waals surface area contributed by atoms with E-state index in [-0.39, 0.29) is 17.5 Å². The molecule has 174 valence electrons. The summed E-state index contributed by atoms with van der Waals surface area (Å²) in [5, 5.41) is 10.5. The van der Waals surface area contributed by atoms with Crippen LogP contribution in [-0.2, 0) is 25.5 Å². The van der Waals surface area contributed by atoms with Crippen molar-refractivity contribution in [1.82, 2.24) is 9.88 Å². The first kappa shape index (κ1) is 22.9. The first-order valence-electron chi connectivity index (χ1n) is 10.5. The lowest BCUT2D eigenvalue weighted by atomic mass is 10.1. The van der Waals surface area contributed by atoms with Crippen molar-refractivity contribution >= 4 is 40.6 Å². The Morgan fingerprint density at radius 2 is 1.62 bits per heavy atom. The highest BCUT2D eigenvalue weighted by Gasteiger charge is 2.42. The van der Waals surface area contributed by atoms with Gasteiger partial charge in [0.15, 0.2) is 0 Å². The lowest BCUT2D eigenvalue weighted by molar-refractivity contribution is -0.160. The van der Waals surface area contributed by atoms with Gasteiger partial charge in [-0.3, -0.25) is 19.3 Å². The molecule has 0 bridgehead atoms. The molecule has 0 spiro atoms. The molecule has 3 aromatic rings. The van der Waals surface area contributed by atoms with Crippen LogP contribution in [0.15, 0.2) is 54.7 Å². The molecule has 10 heteroatoms. The fraction of sp³-hybridized carbons (Fsp3) is 0.208. The third-order valence-electron chi connectivity index (χ3n) is 5.68. The number of esters is 2. The minimum Gasteiger partial charge on any atom is -0.480 e. The van der Waals surface area contributed by atoms with E-state index in [2.05, 4.69) is 4.98 Å². The summed E-state index contributed by atoms with van der Waals surface area (Å²) >= 11 is 0. The molecule has 10 nitrogen and oxygen atoms in total. The van der Waals surface area contributed by atoms with Crippen molar-refractivity contribution in [3.8, 4) is 0 Å². The molecule has 4 rings (SSSR count). The number of carboxylic acids is 1. The van der Waals surface area contributed by atoms with Crippen molar-refractivity contribution in [3.05, 3.63) is 71.4 Å². The van der Waals surface area contributed by atoms with Crippen molar-refractivity contribution in [2.45, 2.75) is 31.3 Å². The average molecular weight is 463 g/mol. The second kappa shape index (κ2) is 9.28. The molecule has 2 atom stereocenters. The topological polar surface area (TPSA) is 160 Å². The van der Waals surface area contributed by atoms with Gasteiger partial charge in [0.1, 0.15) is 12.1 Å². The van der Waals surface area contributed by atoms with Crippen LogP contribution in [0.4, 0.5) is 0 Å². The molecular formula is C24H21N3O7. The standard InChI is InChI=1S/C24H21N3O7/c25-17(11-13-12-26-18-8-4-3-5-14(13)18)24(33)34-20(28)10-9-19(23(31)32)27-21(29)15-6-1-2-7-16(15)22(27)30/h1-8,12,17,19,26H,9-11,25H2,(H,31,32)/t17-,19?/m0/s1. The number of rotatable bonds is 8. The zero-order chi connectivity index (χ0) is 24.4. The predicted octanol–water partition coefficient (Wildman–Crippen LogP) is 1.64. The smallest absolute Gasteiger partial charge is 0.330 e. The molecule has 0 fully saturated rings.